The third kappa shape index (κ3) is 10.4. The Balaban J connectivity index is 2.46. The van der Waals surface area contributed by atoms with E-state index in [1.54, 1.807) is 14.2 Å². The molecule has 9 nitrogen and oxygen atoms in total. The van der Waals surface area contributed by atoms with Gasteiger partial charge in [0.1, 0.15) is 0 Å². The van der Waals surface area contributed by atoms with Crippen LogP contribution in [0.1, 0.15) is 13.8 Å². The van der Waals surface area contributed by atoms with E-state index in [1.807, 2.05) is 13.8 Å². The van der Waals surface area contributed by atoms with Crippen molar-refractivity contribution >= 4 is 23.5 Å². The summed E-state index contributed by atoms with van der Waals surface area (Å²) in [6, 6.07) is 0.0240. The Hall–Kier alpha value is -1.26. The maximum absolute atomic E-state index is 5.97. The average molecular weight is 378 g/mol. The fraction of sp³-hybridized carbons (Fsp3) is 0.800. The quantitative estimate of drug-likeness (QED) is 0.466. The highest BCUT2D eigenvalue weighted by Crippen LogP contribution is 2.11. The lowest BCUT2D eigenvalue weighted by Crippen LogP contribution is -2.26. The van der Waals surface area contributed by atoms with Gasteiger partial charge in [0, 0.05) is 26.3 Å². The summed E-state index contributed by atoms with van der Waals surface area (Å²) in [5.74, 6) is 0.774. The molecule has 25 heavy (non-hydrogen) atoms. The fourth-order valence-electron chi connectivity index (χ4n) is 1.81. The zero-order chi connectivity index (χ0) is 18.5. The molecule has 10 heteroatoms. The van der Waals surface area contributed by atoms with Gasteiger partial charge in [-0.25, -0.2) is 0 Å². The predicted octanol–water partition coefficient (Wildman–Crippen LogP) is 1.45. The molecule has 0 saturated heterocycles. The Bertz CT molecular complexity index is 445. The van der Waals surface area contributed by atoms with Crippen molar-refractivity contribution in [3.8, 4) is 0 Å². The molecule has 0 amide bonds. The molecular formula is C15H28ClN5O4. The summed E-state index contributed by atoms with van der Waals surface area (Å²) in [6.45, 7) is 7.11. The highest BCUT2D eigenvalue weighted by atomic mass is 35.5. The van der Waals surface area contributed by atoms with Gasteiger partial charge in [0.25, 0.3) is 0 Å². The summed E-state index contributed by atoms with van der Waals surface area (Å²) in [7, 11) is 3.27. The lowest BCUT2D eigenvalue weighted by atomic mass is 10.4. The van der Waals surface area contributed by atoms with Crippen LogP contribution < -0.4 is 10.6 Å². The number of anilines is 2. The second kappa shape index (κ2) is 13.0. The van der Waals surface area contributed by atoms with Crippen LogP contribution >= 0.6 is 11.6 Å². The predicted molar refractivity (Wildman–Crippen MR) is 96.4 cm³/mol. The van der Waals surface area contributed by atoms with E-state index in [0.717, 1.165) is 0 Å². The molecule has 0 aliphatic rings. The van der Waals surface area contributed by atoms with Gasteiger partial charge in [0.15, 0.2) is 0 Å². The number of aromatic nitrogens is 3. The highest BCUT2D eigenvalue weighted by molar-refractivity contribution is 6.28. The van der Waals surface area contributed by atoms with Gasteiger partial charge in [0.05, 0.1) is 39.6 Å². The van der Waals surface area contributed by atoms with Crippen LogP contribution in [0, 0.1) is 0 Å². The van der Waals surface area contributed by atoms with E-state index in [9.17, 15) is 0 Å². The summed E-state index contributed by atoms with van der Waals surface area (Å²) < 4.78 is 20.8. The van der Waals surface area contributed by atoms with Crippen LogP contribution in [0.2, 0.25) is 5.28 Å². The maximum atomic E-state index is 5.97. The number of hydrogen-bond donors (Lipinski definition) is 2. The van der Waals surface area contributed by atoms with Crippen LogP contribution in [-0.4, -0.2) is 80.9 Å². The van der Waals surface area contributed by atoms with Crippen LogP contribution in [0.4, 0.5) is 11.9 Å². The van der Waals surface area contributed by atoms with Crippen LogP contribution in [0.3, 0.4) is 0 Å². The number of methoxy groups -OCH3 is 2. The molecule has 1 heterocycles. The monoisotopic (exact) mass is 377 g/mol. The first-order chi connectivity index (χ1) is 12.0. The molecule has 0 aliphatic heterocycles. The zero-order valence-electron chi connectivity index (χ0n) is 15.2. The first-order valence-corrected chi connectivity index (χ1v) is 8.51. The van der Waals surface area contributed by atoms with Crippen molar-refractivity contribution in [3.63, 3.8) is 0 Å². The molecule has 1 aromatic rings. The molecule has 2 N–H and O–H groups in total. The third-order valence-corrected chi connectivity index (χ3v) is 3.13. The number of hydrogen-bond acceptors (Lipinski definition) is 9. The Morgan fingerprint density at radius 1 is 0.800 bits per heavy atom. The Morgan fingerprint density at radius 2 is 1.24 bits per heavy atom. The molecule has 2 unspecified atom stereocenters. The lowest BCUT2D eigenvalue weighted by molar-refractivity contribution is 0.0675. The zero-order valence-corrected chi connectivity index (χ0v) is 16.0. The van der Waals surface area contributed by atoms with Crippen LogP contribution in [-0.2, 0) is 18.9 Å². The molecule has 144 valence electrons. The number of halogens is 1. The van der Waals surface area contributed by atoms with E-state index in [1.165, 1.54) is 0 Å². The normalized spacial score (nSPS) is 13.5. The third-order valence-electron chi connectivity index (χ3n) is 2.96. The summed E-state index contributed by atoms with van der Waals surface area (Å²) in [5, 5.41) is 6.38. The average Bonchev–Trinajstić information content (AvgIpc) is 2.55. The Morgan fingerprint density at radius 3 is 1.64 bits per heavy atom. The van der Waals surface area contributed by atoms with E-state index in [2.05, 4.69) is 25.6 Å². The van der Waals surface area contributed by atoms with Gasteiger partial charge in [0.2, 0.25) is 17.2 Å². The van der Waals surface area contributed by atoms with E-state index in [4.69, 9.17) is 30.5 Å². The van der Waals surface area contributed by atoms with Crippen molar-refractivity contribution in [3.05, 3.63) is 5.28 Å². The molecule has 0 radical (unpaired) electrons. The lowest BCUT2D eigenvalue weighted by Gasteiger charge is -2.16. The minimum Gasteiger partial charge on any atom is -0.382 e. The molecule has 2 atom stereocenters. The van der Waals surface area contributed by atoms with Crippen LogP contribution in [0.15, 0.2) is 0 Å². The van der Waals surface area contributed by atoms with E-state index in [-0.39, 0.29) is 17.4 Å². The molecule has 0 aliphatic carbocycles. The van der Waals surface area contributed by atoms with Gasteiger partial charge < -0.3 is 29.6 Å². The summed E-state index contributed by atoms with van der Waals surface area (Å²) >= 11 is 5.97. The number of rotatable bonds is 14. The largest absolute Gasteiger partial charge is 0.382 e. The molecule has 0 fully saturated rings. The molecule has 0 aromatic carbocycles. The summed E-state index contributed by atoms with van der Waals surface area (Å²) in [5.41, 5.74) is 0. The number of ether oxygens (including phenoxy) is 4. The van der Waals surface area contributed by atoms with Crippen LogP contribution in [0.5, 0.6) is 0 Å². The second-order valence-electron chi connectivity index (χ2n) is 5.48. The summed E-state index contributed by atoms with van der Waals surface area (Å²) in [6.07, 6.45) is 0. The first-order valence-electron chi connectivity index (χ1n) is 8.13. The van der Waals surface area contributed by atoms with Gasteiger partial charge in [-0.1, -0.05) is 0 Å². The van der Waals surface area contributed by atoms with Crippen molar-refractivity contribution in [1.29, 1.82) is 0 Å². The minimum atomic E-state index is 0.0120. The van der Waals surface area contributed by atoms with Gasteiger partial charge in [-0.15, -0.1) is 0 Å². The van der Waals surface area contributed by atoms with Crippen LogP contribution in [0.25, 0.3) is 0 Å². The molecule has 0 saturated carbocycles. The minimum absolute atomic E-state index is 0.0120. The van der Waals surface area contributed by atoms with E-state index in [0.29, 0.717) is 51.5 Å². The number of nitrogens with zero attached hydrogens (tertiary/aromatic N) is 3. The van der Waals surface area contributed by atoms with Crippen molar-refractivity contribution < 1.29 is 18.9 Å². The van der Waals surface area contributed by atoms with Gasteiger partial charge in [-0.05, 0) is 25.4 Å². The number of nitrogens with one attached hydrogen (secondary N) is 2. The van der Waals surface area contributed by atoms with E-state index >= 15 is 0 Å². The maximum Gasteiger partial charge on any atom is 0.229 e. The van der Waals surface area contributed by atoms with Gasteiger partial charge >= 0.3 is 0 Å². The van der Waals surface area contributed by atoms with E-state index < -0.39 is 0 Å². The van der Waals surface area contributed by atoms with Gasteiger partial charge in [-0.2, -0.15) is 15.0 Å². The smallest absolute Gasteiger partial charge is 0.229 e. The van der Waals surface area contributed by atoms with Crippen molar-refractivity contribution in [1.82, 2.24) is 15.0 Å². The van der Waals surface area contributed by atoms with Crippen molar-refractivity contribution in [2.75, 3.05) is 64.5 Å². The topological polar surface area (TPSA) is 99.7 Å². The SMILES string of the molecule is COCCOCC(C)Nc1nc(Cl)nc(NC(C)COCCOC)n1. The van der Waals surface area contributed by atoms with Crippen molar-refractivity contribution in [2.24, 2.45) is 0 Å². The molecule has 0 spiro atoms. The first kappa shape index (κ1) is 21.8. The Kier molecular flexibility index (Phi) is 11.3. The fourth-order valence-corrected chi connectivity index (χ4v) is 1.97. The molecular weight excluding hydrogens is 350 g/mol. The highest BCUT2D eigenvalue weighted by Gasteiger charge is 2.11. The second-order valence-corrected chi connectivity index (χ2v) is 5.82. The molecule has 1 aromatic heterocycles. The Labute approximate surface area is 153 Å². The molecule has 1 rings (SSSR count). The summed E-state index contributed by atoms with van der Waals surface area (Å²) in [4.78, 5) is 12.5. The van der Waals surface area contributed by atoms with Crippen molar-refractivity contribution in [2.45, 2.75) is 25.9 Å². The molecule has 0 bridgehead atoms. The standard InChI is InChI=1S/C15H28ClN5O4/c1-11(9-24-7-5-22-3)17-14-19-13(16)20-15(21-14)18-12(2)10-25-8-6-23-4/h11-12H,5-10H2,1-4H3,(H2,17,18,19,20,21). The van der Waals surface area contributed by atoms with Gasteiger partial charge in [-0.3, -0.25) is 0 Å².